The van der Waals surface area contributed by atoms with Crippen molar-refractivity contribution in [3.8, 4) is 5.75 Å². The van der Waals surface area contributed by atoms with Gasteiger partial charge in [0.2, 0.25) is 3.79 Å². The fraction of sp³-hybridized carbons (Fsp3) is 0.500. The molecule has 24 heavy (non-hydrogen) atoms. The number of rotatable bonds is 5. The number of carbonyl (C=O) groups is 1. The largest absolute Gasteiger partial charge is 0.496 e. The number of nitrogens with one attached hydrogen (secondary N) is 2. The Morgan fingerprint density at radius 1 is 1.33 bits per heavy atom. The minimum Gasteiger partial charge on any atom is -0.496 e. The van der Waals surface area contributed by atoms with Crippen LogP contribution < -0.4 is 15.4 Å². The van der Waals surface area contributed by atoms with E-state index in [1.54, 1.807) is 24.3 Å². The van der Waals surface area contributed by atoms with Crippen molar-refractivity contribution < 1.29 is 17.9 Å². The number of para-hydroxylation sites is 1. The number of amides is 1. The lowest BCUT2D eigenvalue weighted by Gasteiger charge is -2.29. The van der Waals surface area contributed by atoms with Crippen molar-refractivity contribution in [2.75, 3.05) is 18.6 Å². The predicted molar refractivity (Wildman–Crippen MR) is 94.7 cm³/mol. The average Bonchev–Trinajstić information content (AvgIpc) is 2.84. The second-order valence-corrected chi connectivity index (χ2v) is 10.0. The molecule has 0 saturated carbocycles. The molecule has 0 unspecified atom stereocenters. The zero-order valence-electron chi connectivity index (χ0n) is 12.8. The van der Waals surface area contributed by atoms with Crippen LogP contribution in [0.3, 0.4) is 0 Å². The lowest BCUT2D eigenvalue weighted by molar-refractivity contribution is 0.0924. The summed E-state index contributed by atoms with van der Waals surface area (Å²) in [5.74, 6) is -0.120. The standard InChI is InChI=1S/C14H17Cl3N2O4S/c1-23-11-5-3-2-4-10(11)12(20)19-13(14(15,16)17)18-9-6-7-24(21,22)8-9/h2-5,9,13,18H,6-8H2,1H3,(H,19,20)/t9-,13-/m1/s1. The molecule has 1 amide bonds. The summed E-state index contributed by atoms with van der Waals surface area (Å²) in [6.45, 7) is 0. The molecule has 1 aromatic carbocycles. The number of sulfone groups is 1. The third kappa shape index (κ3) is 5.13. The molecule has 0 bridgehead atoms. The molecule has 1 heterocycles. The van der Waals surface area contributed by atoms with E-state index in [2.05, 4.69) is 10.6 Å². The Morgan fingerprint density at radius 3 is 2.54 bits per heavy atom. The summed E-state index contributed by atoms with van der Waals surface area (Å²) in [6, 6.07) is 6.22. The Morgan fingerprint density at radius 2 is 2.00 bits per heavy atom. The molecule has 1 aliphatic rings. The van der Waals surface area contributed by atoms with E-state index >= 15 is 0 Å². The number of alkyl halides is 3. The quantitative estimate of drug-likeness (QED) is 0.567. The number of methoxy groups -OCH3 is 1. The molecule has 1 aromatic rings. The monoisotopic (exact) mass is 414 g/mol. The van der Waals surface area contributed by atoms with Crippen LogP contribution in [0, 0.1) is 0 Å². The molecule has 0 aliphatic carbocycles. The summed E-state index contributed by atoms with van der Waals surface area (Å²) in [6.07, 6.45) is -0.664. The van der Waals surface area contributed by atoms with Crippen molar-refractivity contribution in [1.82, 2.24) is 10.6 Å². The fourth-order valence-electron chi connectivity index (χ4n) is 2.42. The first-order valence-corrected chi connectivity index (χ1v) is 10.0. The van der Waals surface area contributed by atoms with Gasteiger partial charge in [0, 0.05) is 6.04 Å². The third-order valence-corrected chi connectivity index (χ3v) is 6.01. The SMILES string of the molecule is COc1ccccc1C(=O)N[C@@H](N[C@@H]1CCS(=O)(=O)C1)C(Cl)(Cl)Cl. The summed E-state index contributed by atoms with van der Waals surface area (Å²) in [5, 5.41) is 5.48. The summed E-state index contributed by atoms with van der Waals surface area (Å²) >= 11 is 17.8. The van der Waals surface area contributed by atoms with Crippen LogP contribution in [0.25, 0.3) is 0 Å². The highest BCUT2D eigenvalue weighted by atomic mass is 35.6. The Bertz CT molecular complexity index is 706. The van der Waals surface area contributed by atoms with Gasteiger partial charge in [0.1, 0.15) is 11.9 Å². The van der Waals surface area contributed by atoms with Gasteiger partial charge in [0.05, 0.1) is 24.2 Å². The Labute approximate surface area is 155 Å². The van der Waals surface area contributed by atoms with E-state index in [0.717, 1.165) is 0 Å². The minimum atomic E-state index is -3.10. The lowest BCUT2D eigenvalue weighted by Crippen LogP contribution is -2.56. The van der Waals surface area contributed by atoms with Gasteiger partial charge in [-0.3, -0.25) is 10.1 Å². The first-order chi connectivity index (χ1) is 11.1. The minimum absolute atomic E-state index is 0.0607. The van der Waals surface area contributed by atoms with Gasteiger partial charge in [-0.1, -0.05) is 46.9 Å². The Hall–Kier alpha value is -0.730. The van der Waals surface area contributed by atoms with Crippen LogP contribution in [0.2, 0.25) is 0 Å². The first-order valence-electron chi connectivity index (χ1n) is 7.09. The second kappa shape index (κ2) is 7.66. The van der Waals surface area contributed by atoms with Gasteiger partial charge in [0.25, 0.3) is 5.91 Å². The molecule has 2 atom stereocenters. The van der Waals surface area contributed by atoms with E-state index in [4.69, 9.17) is 39.5 Å². The van der Waals surface area contributed by atoms with Gasteiger partial charge in [-0.15, -0.1) is 0 Å². The maximum atomic E-state index is 12.5. The number of hydrogen-bond acceptors (Lipinski definition) is 5. The normalized spacial score (nSPS) is 21.2. The number of hydrogen-bond donors (Lipinski definition) is 2. The first kappa shape index (κ1) is 19.6. The van der Waals surface area contributed by atoms with E-state index in [1.807, 2.05) is 0 Å². The van der Waals surface area contributed by atoms with E-state index in [-0.39, 0.29) is 17.1 Å². The highest BCUT2D eigenvalue weighted by Gasteiger charge is 2.38. The number of ether oxygens (including phenoxy) is 1. The molecule has 0 spiro atoms. The van der Waals surface area contributed by atoms with Crippen LogP contribution >= 0.6 is 34.8 Å². The predicted octanol–water partition coefficient (Wildman–Crippen LogP) is 1.90. The van der Waals surface area contributed by atoms with Gasteiger partial charge in [-0.2, -0.15) is 0 Å². The van der Waals surface area contributed by atoms with Crippen molar-refractivity contribution in [2.45, 2.75) is 22.4 Å². The van der Waals surface area contributed by atoms with Gasteiger partial charge in [-0.05, 0) is 18.6 Å². The van der Waals surface area contributed by atoms with Crippen molar-refractivity contribution >= 4 is 50.5 Å². The van der Waals surface area contributed by atoms with Crippen molar-refractivity contribution in [3.05, 3.63) is 29.8 Å². The molecule has 2 rings (SSSR count). The van der Waals surface area contributed by atoms with E-state index in [1.165, 1.54) is 7.11 Å². The van der Waals surface area contributed by atoms with E-state index in [9.17, 15) is 13.2 Å². The van der Waals surface area contributed by atoms with Crippen molar-refractivity contribution in [2.24, 2.45) is 0 Å². The van der Waals surface area contributed by atoms with Gasteiger partial charge in [0.15, 0.2) is 9.84 Å². The number of halogens is 3. The van der Waals surface area contributed by atoms with Crippen LogP contribution in [0.4, 0.5) is 0 Å². The molecule has 1 saturated heterocycles. The highest BCUT2D eigenvalue weighted by molar-refractivity contribution is 7.91. The smallest absolute Gasteiger partial charge is 0.256 e. The zero-order chi connectivity index (χ0) is 18.0. The highest BCUT2D eigenvalue weighted by Crippen LogP contribution is 2.30. The molecular formula is C14H17Cl3N2O4S. The van der Waals surface area contributed by atoms with Crippen LogP contribution in [0.15, 0.2) is 24.3 Å². The molecule has 0 radical (unpaired) electrons. The molecule has 1 fully saturated rings. The lowest BCUT2D eigenvalue weighted by atomic mass is 10.2. The zero-order valence-corrected chi connectivity index (χ0v) is 15.8. The van der Waals surface area contributed by atoms with Crippen LogP contribution in [0.1, 0.15) is 16.8 Å². The number of carbonyl (C=O) groups excluding carboxylic acids is 1. The van der Waals surface area contributed by atoms with Gasteiger partial charge in [-0.25, -0.2) is 8.42 Å². The van der Waals surface area contributed by atoms with Crippen LogP contribution in [-0.2, 0) is 9.84 Å². The number of benzene rings is 1. The topological polar surface area (TPSA) is 84.5 Å². The summed E-state index contributed by atoms with van der Waals surface area (Å²) in [4.78, 5) is 12.5. The molecular weight excluding hydrogens is 399 g/mol. The fourth-order valence-corrected chi connectivity index (χ4v) is 4.46. The Balaban J connectivity index is 2.13. The molecule has 1 aliphatic heterocycles. The third-order valence-electron chi connectivity index (χ3n) is 3.59. The average molecular weight is 416 g/mol. The second-order valence-electron chi connectivity index (χ2n) is 5.41. The van der Waals surface area contributed by atoms with Gasteiger partial charge >= 0.3 is 0 Å². The maximum absolute atomic E-state index is 12.5. The van der Waals surface area contributed by atoms with Crippen LogP contribution in [-0.4, -0.2) is 48.9 Å². The molecule has 0 aromatic heterocycles. The summed E-state index contributed by atoms with van der Waals surface area (Å²) in [7, 11) is -1.66. The molecule has 134 valence electrons. The molecule has 10 heteroatoms. The van der Waals surface area contributed by atoms with Crippen LogP contribution in [0.5, 0.6) is 5.75 Å². The van der Waals surface area contributed by atoms with Crippen molar-refractivity contribution in [1.29, 1.82) is 0 Å². The maximum Gasteiger partial charge on any atom is 0.256 e. The van der Waals surface area contributed by atoms with Gasteiger partial charge < -0.3 is 10.1 Å². The van der Waals surface area contributed by atoms with E-state index in [0.29, 0.717) is 12.2 Å². The summed E-state index contributed by atoms with van der Waals surface area (Å²) in [5.41, 5.74) is 0.278. The Kier molecular flexibility index (Phi) is 6.25. The molecule has 2 N–H and O–H groups in total. The molecule has 6 nitrogen and oxygen atoms in total. The van der Waals surface area contributed by atoms with Crippen molar-refractivity contribution in [3.63, 3.8) is 0 Å². The summed E-state index contributed by atoms with van der Waals surface area (Å²) < 4.78 is 26.4. The van der Waals surface area contributed by atoms with E-state index < -0.39 is 31.7 Å².